The van der Waals surface area contributed by atoms with E-state index in [4.69, 9.17) is 32.7 Å². The largest absolute Gasteiger partial charge is 0.496 e. The van der Waals surface area contributed by atoms with Crippen molar-refractivity contribution in [2.24, 2.45) is 0 Å². The molecule has 134 valence electrons. The van der Waals surface area contributed by atoms with Gasteiger partial charge in [0.2, 0.25) is 0 Å². The third-order valence-electron chi connectivity index (χ3n) is 3.42. The van der Waals surface area contributed by atoms with E-state index in [-0.39, 0.29) is 20.5 Å². The Hall–Kier alpha value is -1.96. The molecule has 2 aromatic rings. The lowest BCUT2D eigenvalue weighted by Crippen LogP contribution is -2.30. The van der Waals surface area contributed by atoms with Crippen LogP contribution in [0.4, 0.5) is 0 Å². The smallest absolute Gasteiger partial charge is 0.265 e. The Labute approximate surface area is 155 Å². The first-order valence-electron chi connectivity index (χ1n) is 6.94. The van der Waals surface area contributed by atoms with Gasteiger partial charge in [-0.25, -0.2) is 13.1 Å². The number of hydrogen-bond donors (Lipinski definition) is 1. The van der Waals surface area contributed by atoms with Crippen LogP contribution >= 0.6 is 23.2 Å². The summed E-state index contributed by atoms with van der Waals surface area (Å²) < 4.78 is 37.2. The summed E-state index contributed by atoms with van der Waals surface area (Å²) in [5.41, 5.74) is 0.739. The molecule has 0 aromatic heterocycles. The van der Waals surface area contributed by atoms with Crippen LogP contribution in [0.15, 0.2) is 35.2 Å². The second-order valence-corrected chi connectivity index (χ2v) is 7.51. The maximum Gasteiger partial charge on any atom is 0.265 e. The van der Waals surface area contributed by atoms with Crippen LogP contribution in [-0.4, -0.2) is 28.5 Å². The summed E-state index contributed by atoms with van der Waals surface area (Å²) in [6, 6.07) is 6.78. The van der Waals surface area contributed by atoms with Gasteiger partial charge in [0.15, 0.2) is 0 Å². The number of nitrogens with one attached hydrogen (secondary N) is 1. The number of halogens is 2. The van der Waals surface area contributed by atoms with Gasteiger partial charge in [0.25, 0.3) is 15.9 Å². The van der Waals surface area contributed by atoms with E-state index < -0.39 is 15.9 Å². The molecule has 0 saturated heterocycles. The van der Waals surface area contributed by atoms with Gasteiger partial charge in [0, 0.05) is 16.1 Å². The van der Waals surface area contributed by atoms with E-state index >= 15 is 0 Å². The standard InChI is InChI=1S/C16H15Cl2NO5S/c1-9-13(23-2)6-10(7-14(9)24-3)16(20)19-25(21,22)15-8-11(17)4-5-12(15)18/h4-8H,1-3H3,(H,19,20). The van der Waals surface area contributed by atoms with Gasteiger partial charge in [0.05, 0.1) is 19.2 Å². The van der Waals surface area contributed by atoms with Gasteiger partial charge in [-0.3, -0.25) is 4.79 Å². The Morgan fingerprint density at radius 3 is 2.12 bits per heavy atom. The minimum absolute atomic E-state index is 0.0521. The molecule has 6 nitrogen and oxygen atoms in total. The zero-order chi connectivity index (χ0) is 18.8. The predicted octanol–water partition coefficient (Wildman–Crippen LogP) is 3.44. The first-order valence-corrected chi connectivity index (χ1v) is 9.18. The molecule has 0 radical (unpaired) electrons. The molecule has 0 spiro atoms. The quantitative estimate of drug-likeness (QED) is 0.826. The molecular formula is C16H15Cl2NO5S. The van der Waals surface area contributed by atoms with Crippen LogP contribution in [-0.2, 0) is 10.0 Å². The Morgan fingerprint density at radius 2 is 1.60 bits per heavy atom. The average molecular weight is 404 g/mol. The highest BCUT2D eigenvalue weighted by atomic mass is 35.5. The number of benzene rings is 2. The number of amides is 1. The van der Waals surface area contributed by atoms with Crippen molar-refractivity contribution in [3.8, 4) is 11.5 Å². The highest BCUT2D eigenvalue weighted by molar-refractivity contribution is 7.90. The zero-order valence-corrected chi connectivity index (χ0v) is 15.9. The van der Waals surface area contributed by atoms with Gasteiger partial charge in [0.1, 0.15) is 16.4 Å². The molecule has 0 aliphatic heterocycles. The van der Waals surface area contributed by atoms with E-state index in [9.17, 15) is 13.2 Å². The summed E-state index contributed by atoms with van der Waals surface area (Å²) in [5.74, 6) is -0.0713. The number of hydrogen-bond acceptors (Lipinski definition) is 5. The van der Waals surface area contributed by atoms with Crippen LogP contribution in [0.2, 0.25) is 10.0 Å². The Balaban J connectivity index is 2.40. The molecule has 1 N–H and O–H groups in total. The van der Waals surface area contributed by atoms with Gasteiger partial charge in [-0.1, -0.05) is 23.2 Å². The molecule has 1 amide bonds. The molecule has 9 heteroatoms. The van der Waals surface area contributed by atoms with E-state index in [1.165, 1.54) is 38.5 Å². The summed E-state index contributed by atoms with van der Waals surface area (Å²) in [6.07, 6.45) is 0. The second-order valence-electron chi connectivity index (χ2n) is 5.02. The van der Waals surface area contributed by atoms with Gasteiger partial charge in [-0.2, -0.15) is 0 Å². The van der Waals surface area contributed by atoms with Crippen molar-refractivity contribution in [3.05, 3.63) is 51.5 Å². The Bertz CT molecular complexity index is 903. The molecule has 0 aliphatic rings. The fourth-order valence-corrected chi connectivity index (χ4v) is 3.87. The number of rotatable bonds is 5. The van der Waals surface area contributed by atoms with E-state index in [0.717, 1.165) is 6.07 Å². The summed E-state index contributed by atoms with van der Waals surface area (Å²) in [4.78, 5) is 12.1. The molecule has 0 unspecified atom stereocenters. The first kappa shape index (κ1) is 19.4. The van der Waals surface area contributed by atoms with Crippen LogP contribution in [0.3, 0.4) is 0 Å². The van der Waals surface area contributed by atoms with Crippen molar-refractivity contribution in [3.63, 3.8) is 0 Å². The number of ether oxygens (including phenoxy) is 2. The van der Waals surface area contributed by atoms with Crippen molar-refractivity contribution < 1.29 is 22.7 Å². The van der Waals surface area contributed by atoms with Crippen LogP contribution < -0.4 is 14.2 Å². The van der Waals surface area contributed by atoms with Gasteiger partial charge in [-0.05, 0) is 37.3 Å². The van der Waals surface area contributed by atoms with Crippen LogP contribution in [0.5, 0.6) is 11.5 Å². The summed E-state index contributed by atoms with van der Waals surface area (Å²) >= 11 is 11.7. The normalized spacial score (nSPS) is 11.1. The second kappa shape index (κ2) is 7.51. The van der Waals surface area contributed by atoms with Gasteiger partial charge >= 0.3 is 0 Å². The van der Waals surface area contributed by atoms with Crippen molar-refractivity contribution in [2.45, 2.75) is 11.8 Å². The fraction of sp³-hybridized carbons (Fsp3) is 0.188. The fourth-order valence-electron chi connectivity index (χ4n) is 2.14. The molecule has 2 rings (SSSR count). The minimum Gasteiger partial charge on any atom is -0.496 e. The molecule has 0 fully saturated rings. The summed E-state index contributed by atoms with van der Waals surface area (Å²) in [5, 5.41) is 0.125. The van der Waals surface area contributed by atoms with Crippen molar-refractivity contribution in [1.82, 2.24) is 4.72 Å². The monoisotopic (exact) mass is 403 g/mol. The minimum atomic E-state index is -4.21. The SMILES string of the molecule is COc1cc(C(=O)NS(=O)(=O)c2cc(Cl)ccc2Cl)cc(OC)c1C. The van der Waals surface area contributed by atoms with E-state index in [0.29, 0.717) is 17.1 Å². The molecule has 0 heterocycles. The summed E-state index contributed by atoms with van der Waals surface area (Å²) in [6.45, 7) is 1.75. The first-order chi connectivity index (χ1) is 11.7. The van der Waals surface area contributed by atoms with Crippen LogP contribution in [0.25, 0.3) is 0 Å². The van der Waals surface area contributed by atoms with Crippen LogP contribution in [0.1, 0.15) is 15.9 Å². The van der Waals surface area contributed by atoms with E-state index in [2.05, 4.69) is 0 Å². The molecular weight excluding hydrogens is 389 g/mol. The number of methoxy groups -OCH3 is 2. The maximum atomic E-state index is 12.4. The maximum absolute atomic E-state index is 12.4. The lowest BCUT2D eigenvalue weighted by atomic mass is 10.1. The molecule has 0 aliphatic carbocycles. The lowest BCUT2D eigenvalue weighted by molar-refractivity contribution is 0.0980. The number of sulfonamides is 1. The molecule has 2 aromatic carbocycles. The summed E-state index contributed by atoms with van der Waals surface area (Å²) in [7, 11) is -1.33. The number of carbonyl (C=O) groups is 1. The third kappa shape index (κ3) is 4.18. The predicted molar refractivity (Wildman–Crippen MR) is 95.4 cm³/mol. The van der Waals surface area contributed by atoms with E-state index in [1.54, 1.807) is 6.92 Å². The lowest BCUT2D eigenvalue weighted by Gasteiger charge is -2.13. The number of carbonyl (C=O) groups excluding carboxylic acids is 1. The Kier molecular flexibility index (Phi) is 5.82. The molecule has 0 atom stereocenters. The van der Waals surface area contributed by atoms with Crippen molar-refractivity contribution in [1.29, 1.82) is 0 Å². The van der Waals surface area contributed by atoms with Gasteiger partial charge in [-0.15, -0.1) is 0 Å². The highest BCUT2D eigenvalue weighted by Gasteiger charge is 2.23. The molecule has 25 heavy (non-hydrogen) atoms. The highest BCUT2D eigenvalue weighted by Crippen LogP contribution is 2.30. The van der Waals surface area contributed by atoms with Crippen LogP contribution in [0, 0.1) is 6.92 Å². The van der Waals surface area contributed by atoms with Crippen molar-refractivity contribution >= 4 is 39.1 Å². The van der Waals surface area contributed by atoms with E-state index in [1.807, 2.05) is 4.72 Å². The average Bonchev–Trinajstić information content (AvgIpc) is 2.56. The zero-order valence-electron chi connectivity index (χ0n) is 13.6. The molecule has 0 bridgehead atoms. The third-order valence-corrected chi connectivity index (χ3v) is 5.47. The van der Waals surface area contributed by atoms with Gasteiger partial charge < -0.3 is 9.47 Å². The topological polar surface area (TPSA) is 81.7 Å². The Morgan fingerprint density at radius 1 is 1.04 bits per heavy atom. The molecule has 0 saturated carbocycles. The van der Waals surface area contributed by atoms with Crippen molar-refractivity contribution in [2.75, 3.05) is 14.2 Å².